The van der Waals surface area contributed by atoms with Gasteiger partial charge in [0.1, 0.15) is 0 Å². The molecule has 10 nitrogen and oxygen atoms in total. The summed E-state index contributed by atoms with van der Waals surface area (Å²) >= 11 is 1.01. The summed E-state index contributed by atoms with van der Waals surface area (Å²) in [4.78, 5) is 34.8. The van der Waals surface area contributed by atoms with Gasteiger partial charge in [0, 0.05) is 30.2 Å². The fourth-order valence-corrected chi connectivity index (χ4v) is 4.11. The number of thioether (sulfide) groups is 1. The van der Waals surface area contributed by atoms with Crippen LogP contribution in [0, 0.1) is 21.4 Å². The molecule has 0 aromatic heterocycles. The highest BCUT2D eigenvalue weighted by atomic mass is 32.2. The first-order valence-corrected chi connectivity index (χ1v) is 10.9. The fraction of sp³-hybridized carbons (Fsp3) is 0.227. The first-order valence-electron chi connectivity index (χ1n) is 9.89. The molecule has 2 amide bonds. The number of allylic oxidation sites excluding steroid dienone is 1. The Morgan fingerprint density at radius 1 is 1.36 bits per heavy atom. The Morgan fingerprint density at radius 3 is 2.73 bits per heavy atom. The molecule has 3 N–H and O–H groups in total. The second kappa shape index (κ2) is 10.5. The van der Waals surface area contributed by atoms with E-state index in [1.54, 1.807) is 19.1 Å². The molecule has 2 aromatic carbocycles. The smallest absolute Gasteiger partial charge is 0.269 e. The fourth-order valence-electron chi connectivity index (χ4n) is 3.24. The maximum Gasteiger partial charge on any atom is 0.269 e. The minimum atomic E-state index is -0.552. The Kier molecular flexibility index (Phi) is 7.53. The van der Waals surface area contributed by atoms with Gasteiger partial charge in [0.2, 0.25) is 11.8 Å². The monoisotopic (exact) mass is 468 g/mol. The molecule has 1 heterocycles. The number of nitrogens with one attached hydrogen (secondary N) is 2. The highest BCUT2D eigenvalue weighted by molar-refractivity contribution is 8.03. The van der Waals surface area contributed by atoms with Gasteiger partial charge in [0.25, 0.3) is 5.69 Å². The molecular formula is C22H20N4O6S. The highest BCUT2D eigenvalue weighted by Gasteiger charge is 2.30. The van der Waals surface area contributed by atoms with E-state index in [1.807, 2.05) is 0 Å². The van der Waals surface area contributed by atoms with E-state index in [0.717, 1.165) is 11.8 Å². The Bertz CT molecular complexity index is 1160. The van der Waals surface area contributed by atoms with Crippen molar-refractivity contribution in [2.24, 2.45) is 0 Å². The van der Waals surface area contributed by atoms with Gasteiger partial charge < -0.3 is 20.5 Å². The zero-order chi connectivity index (χ0) is 24.0. The molecule has 0 spiro atoms. The van der Waals surface area contributed by atoms with Crippen LogP contribution < -0.4 is 15.4 Å². The number of nitro groups is 1. The standard InChI is InChI=1S/C22H20N4O6S/c1-2-32-19-9-13(3-8-18(19)27)16-10-20(28)25-22(17(16)11-23)33-12-21(29)24-14-4-6-15(7-5-14)26(30)31/h3-9,16,27H,2,10,12H2,1H3,(H,24,29)(H,25,28)/t16-/m1/s1. The van der Waals surface area contributed by atoms with E-state index in [2.05, 4.69) is 16.7 Å². The predicted octanol–water partition coefficient (Wildman–Crippen LogP) is 3.41. The first-order chi connectivity index (χ1) is 15.8. The average molecular weight is 468 g/mol. The number of hydrogen-bond acceptors (Lipinski definition) is 8. The molecule has 0 saturated heterocycles. The second-order valence-electron chi connectivity index (χ2n) is 6.96. The topological polar surface area (TPSA) is 155 Å². The molecular weight excluding hydrogens is 448 g/mol. The number of carbonyl (C=O) groups is 2. The van der Waals surface area contributed by atoms with E-state index in [4.69, 9.17) is 4.74 Å². The minimum absolute atomic E-state index is 0.0400. The molecule has 0 radical (unpaired) electrons. The van der Waals surface area contributed by atoms with Crippen LogP contribution >= 0.6 is 11.8 Å². The van der Waals surface area contributed by atoms with Crippen LogP contribution in [0.4, 0.5) is 11.4 Å². The predicted molar refractivity (Wildman–Crippen MR) is 122 cm³/mol. The van der Waals surface area contributed by atoms with Crippen LogP contribution in [0.5, 0.6) is 11.5 Å². The van der Waals surface area contributed by atoms with Crippen LogP contribution in [-0.2, 0) is 9.59 Å². The van der Waals surface area contributed by atoms with Crippen LogP contribution in [0.25, 0.3) is 0 Å². The van der Waals surface area contributed by atoms with Crippen molar-refractivity contribution >= 4 is 35.0 Å². The first kappa shape index (κ1) is 23.6. The van der Waals surface area contributed by atoms with Gasteiger partial charge in [-0.15, -0.1) is 0 Å². The number of benzene rings is 2. The lowest BCUT2D eigenvalue weighted by Gasteiger charge is -2.25. The number of phenols is 1. The molecule has 0 bridgehead atoms. The van der Waals surface area contributed by atoms with E-state index in [0.29, 0.717) is 23.4 Å². The van der Waals surface area contributed by atoms with Crippen molar-refractivity contribution in [2.75, 3.05) is 17.7 Å². The van der Waals surface area contributed by atoms with Crippen LogP contribution in [0.3, 0.4) is 0 Å². The number of aromatic hydroxyl groups is 1. The van der Waals surface area contributed by atoms with Gasteiger partial charge in [-0.2, -0.15) is 5.26 Å². The van der Waals surface area contributed by atoms with E-state index in [-0.39, 0.29) is 40.3 Å². The lowest BCUT2D eigenvalue weighted by molar-refractivity contribution is -0.384. The molecule has 170 valence electrons. The van der Waals surface area contributed by atoms with Gasteiger partial charge in [-0.25, -0.2) is 0 Å². The number of carbonyl (C=O) groups excluding carboxylic acids is 2. The van der Waals surface area contributed by atoms with E-state index in [1.165, 1.54) is 30.3 Å². The third-order valence-corrected chi connectivity index (χ3v) is 5.77. The van der Waals surface area contributed by atoms with Gasteiger partial charge in [-0.3, -0.25) is 19.7 Å². The number of amides is 2. The van der Waals surface area contributed by atoms with Crippen LogP contribution in [-0.4, -0.2) is 34.2 Å². The van der Waals surface area contributed by atoms with Crippen LogP contribution in [0.15, 0.2) is 53.1 Å². The Hall–Kier alpha value is -4.04. The minimum Gasteiger partial charge on any atom is -0.504 e. The molecule has 2 aromatic rings. The number of anilines is 1. The number of hydrogen-bond donors (Lipinski definition) is 3. The van der Waals surface area contributed by atoms with Gasteiger partial charge in [-0.05, 0) is 36.8 Å². The molecule has 1 aliphatic heterocycles. The zero-order valence-corrected chi connectivity index (χ0v) is 18.3. The van der Waals surface area contributed by atoms with E-state index in [9.17, 15) is 30.1 Å². The Balaban J connectivity index is 1.75. The van der Waals surface area contributed by atoms with Crippen molar-refractivity contribution in [3.05, 3.63) is 68.7 Å². The lowest BCUT2D eigenvalue weighted by atomic mass is 9.87. The maximum absolute atomic E-state index is 12.3. The summed E-state index contributed by atoms with van der Waals surface area (Å²) in [5.41, 5.74) is 1.23. The molecule has 11 heteroatoms. The van der Waals surface area contributed by atoms with Crippen molar-refractivity contribution in [1.82, 2.24) is 5.32 Å². The van der Waals surface area contributed by atoms with Gasteiger partial charge >= 0.3 is 0 Å². The van der Waals surface area contributed by atoms with Crippen molar-refractivity contribution < 1.29 is 24.4 Å². The number of nitriles is 1. The lowest BCUT2D eigenvalue weighted by Crippen LogP contribution is -2.31. The summed E-state index contributed by atoms with van der Waals surface area (Å²) in [7, 11) is 0. The summed E-state index contributed by atoms with van der Waals surface area (Å²) in [6, 6.07) is 12.2. The second-order valence-corrected chi connectivity index (χ2v) is 7.95. The van der Waals surface area contributed by atoms with Crippen LogP contribution in [0.1, 0.15) is 24.8 Å². The third kappa shape index (κ3) is 5.81. The van der Waals surface area contributed by atoms with Crippen molar-refractivity contribution in [3.8, 4) is 17.6 Å². The molecule has 3 rings (SSSR count). The highest BCUT2D eigenvalue weighted by Crippen LogP contribution is 2.39. The summed E-state index contributed by atoms with van der Waals surface area (Å²) < 4.78 is 5.40. The number of ether oxygens (including phenoxy) is 1. The van der Waals surface area contributed by atoms with E-state index >= 15 is 0 Å². The quantitative estimate of drug-likeness (QED) is 0.393. The normalized spacial score (nSPS) is 15.4. The Labute approximate surface area is 193 Å². The maximum atomic E-state index is 12.3. The number of nitrogens with zero attached hydrogens (tertiary/aromatic N) is 2. The summed E-state index contributed by atoms with van der Waals surface area (Å²) in [6.07, 6.45) is 0.0400. The number of nitro benzene ring substituents is 1. The SMILES string of the molecule is CCOc1cc([C@H]2CC(=O)NC(SCC(=O)Nc3ccc([N+](=O)[O-])cc3)=C2C#N)ccc1O. The molecule has 0 aliphatic carbocycles. The van der Waals surface area contributed by atoms with Crippen molar-refractivity contribution in [2.45, 2.75) is 19.3 Å². The molecule has 0 saturated carbocycles. The van der Waals surface area contributed by atoms with E-state index < -0.39 is 16.7 Å². The number of rotatable bonds is 8. The number of non-ortho nitro benzene ring substituents is 1. The molecule has 1 aliphatic rings. The number of phenolic OH excluding ortho intramolecular Hbond substituents is 1. The van der Waals surface area contributed by atoms with Gasteiger partial charge in [0.05, 0.1) is 34.0 Å². The summed E-state index contributed by atoms with van der Waals surface area (Å²) in [5.74, 6) is -1.13. The third-order valence-electron chi connectivity index (χ3n) is 4.75. The Morgan fingerprint density at radius 2 is 2.09 bits per heavy atom. The van der Waals surface area contributed by atoms with Gasteiger partial charge in [-0.1, -0.05) is 17.8 Å². The largest absolute Gasteiger partial charge is 0.504 e. The van der Waals surface area contributed by atoms with Gasteiger partial charge in [0.15, 0.2) is 11.5 Å². The molecule has 33 heavy (non-hydrogen) atoms. The summed E-state index contributed by atoms with van der Waals surface area (Å²) in [5, 5.41) is 36.0. The average Bonchev–Trinajstić information content (AvgIpc) is 2.79. The summed E-state index contributed by atoms with van der Waals surface area (Å²) in [6.45, 7) is 2.12. The molecule has 1 atom stereocenters. The van der Waals surface area contributed by atoms with Crippen molar-refractivity contribution in [3.63, 3.8) is 0 Å². The van der Waals surface area contributed by atoms with Crippen LogP contribution in [0.2, 0.25) is 0 Å². The van der Waals surface area contributed by atoms with Crippen molar-refractivity contribution in [1.29, 1.82) is 5.26 Å². The molecule has 0 unspecified atom stereocenters. The zero-order valence-electron chi connectivity index (χ0n) is 17.5. The molecule has 0 fully saturated rings.